The van der Waals surface area contributed by atoms with Crippen molar-refractivity contribution in [1.29, 1.82) is 0 Å². The number of benzene rings is 2. The molecule has 4 N–H and O–H groups in total. The monoisotopic (exact) mass is 360 g/mol. The predicted molar refractivity (Wildman–Crippen MR) is 102 cm³/mol. The molecule has 2 aromatic carbocycles. The molecule has 25 heavy (non-hydrogen) atoms. The van der Waals surface area contributed by atoms with Crippen molar-refractivity contribution in [3.8, 4) is 11.5 Å². The molecule has 7 nitrogen and oxygen atoms in total. The van der Waals surface area contributed by atoms with Crippen LogP contribution < -0.4 is 31.0 Å². The molecule has 0 heterocycles. The summed E-state index contributed by atoms with van der Waals surface area (Å²) < 4.78 is 10.2. The van der Waals surface area contributed by atoms with Crippen LogP contribution in [0.3, 0.4) is 0 Å². The smallest absolute Gasteiger partial charge is 0.257 e. The summed E-state index contributed by atoms with van der Waals surface area (Å²) in [6, 6.07) is 14.6. The van der Waals surface area contributed by atoms with Gasteiger partial charge >= 0.3 is 0 Å². The first-order valence-electron chi connectivity index (χ1n) is 7.48. The zero-order chi connectivity index (χ0) is 18.1. The summed E-state index contributed by atoms with van der Waals surface area (Å²) in [4.78, 5) is 11.8. The van der Waals surface area contributed by atoms with Crippen LogP contribution >= 0.6 is 12.2 Å². The summed E-state index contributed by atoms with van der Waals surface area (Å²) in [6.07, 6.45) is 0. The second-order valence-electron chi connectivity index (χ2n) is 4.94. The molecule has 0 aromatic heterocycles. The summed E-state index contributed by atoms with van der Waals surface area (Å²) >= 11 is 5.13. The van der Waals surface area contributed by atoms with Crippen LogP contribution in [0.1, 0.15) is 0 Å². The Morgan fingerprint density at radius 3 is 2.36 bits per heavy atom. The Morgan fingerprint density at radius 1 is 0.960 bits per heavy atom. The fourth-order valence-electron chi connectivity index (χ4n) is 1.93. The summed E-state index contributed by atoms with van der Waals surface area (Å²) in [5.74, 6) is 1.21. The molecule has 0 saturated heterocycles. The van der Waals surface area contributed by atoms with Gasteiger partial charge in [-0.25, -0.2) is 0 Å². The summed E-state index contributed by atoms with van der Waals surface area (Å²) in [7, 11) is 3.19. The van der Waals surface area contributed by atoms with Gasteiger partial charge in [0.15, 0.2) is 5.11 Å². The average Bonchev–Trinajstić information content (AvgIpc) is 2.65. The lowest BCUT2D eigenvalue weighted by Gasteiger charge is -2.13. The third kappa shape index (κ3) is 6.19. The van der Waals surface area contributed by atoms with E-state index in [9.17, 15) is 4.79 Å². The first-order valence-corrected chi connectivity index (χ1v) is 7.89. The maximum Gasteiger partial charge on any atom is 0.257 e. The minimum atomic E-state index is -0.259. The molecule has 0 bridgehead atoms. The van der Waals surface area contributed by atoms with E-state index in [1.165, 1.54) is 0 Å². The molecule has 2 aromatic rings. The van der Waals surface area contributed by atoms with Gasteiger partial charge in [0, 0.05) is 17.4 Å². The van der Waals surface area contributed by atoms with Gasteiger partial charge in [0.25, 0.3) is 5.91 Å². The van der Waals surface area contributed by atoms with Crippen molar-refractivity contribution in [1.82, 2.24) is 10.9 Å². The van der Waals surface area contributed by atoms with Gasteiger partial charge < -0.3 is 20.1 Å². The lowest BCUT2D eigenvalue weighted by atomic mass is 10.3. The Hall–Kier alpha value is -3.00. The minimum absolute atomic E-state index is 0.0983. The number of amides is 1. The van der Waals surface area contributed by atoms with Crippen LogP contribution in [-0.2, 0) is 4.79 Å². The Morgan fingerprint density at radius 2 is 1.68 bits per heavy atom. The third-order valence-electron chi connectivity index (χ3n) is 3.19. The molecule has 0 spiro atoms. The second kappa shape index (κ2) is 9.33. The first kappa shape index (κ1) is 18.3. The van der Waals surface area contributed by atoms with Gasteiger partial charge in [0.1, 0.15) is 11.5 Å². The number of carbonyl (C=O) groups is 1. The molecule has 0 aliphatic rings. The molecule has 8 heteroatoms. The van der Waals surface area contributed by atoms with E-state index >= 15 is 0 Å². The van der Waals surface area contributed by atoms with Gasteiger partial charge in [-0.15, -0.1) is 0 Å². The number of nitrogens with one attached hydrogen (secondary N) is 4. The average molecular weight is 360 g/mol. The zero-order valence-electron chi connectivity index (χ0n) is 14.0. The SMILES string of the molecule is COc1ccc(NCC(=O)NNC(=S)Nc2cccc(OC)c2)cc1. The molecule has 0 aliphatic carbocycles. The van der Waals surface area contributed by atoms with Crippen LogP contribution in [0.2, 0.25) is 0 Å². The largest absolute Gasteiger partial charge is 0.497 e. The van der Waals surface area contributed by atoms with Crippen molar-refractivity contribution >= 4 is 34.6 Å². The number of thiocarbonyl (C=S) groups is 1. The number of carbonyl (C=O) groups excluding carboxylic acids is 1. The van der Waals surface area contributed by atoms with Gasteiger partial charge in [-0.2, -0.15) is 0 Å². The quantitative estimate of drug-likeness (QED) is 0.464. The van der Waals surface area contributed by atoms with Gasteiger partial charge in [-0.3, -0.25) is 15.6 Å². The number of hydrogen-bond donors (Lipinski definition) is 4. The molecule has 0 radical (unpaired) electrons. The van der Waals surface area contributed by atoms with E-state index in [0.717, 1.165) is 17.1 Å². The molecule has 0 aliphatic heterocycles. The standard InChI is InChI=1S/C17H20N4O3S/c1-23-14-8-6-12(7-9-14)18-11-16(22)20-21-17(25)19-13-4-3-5-15(10-13)24-2/h3-10,18H,11H2,1-2H3,(H,20,22)(H2,19,21,25). The Bertz CT molecular complexity index is 722. The molecular weight excluding hydrogens is 340 g/mol. The number of ether oxygens (including phenoxy) is 2. The maximum atomic E-state index is 11.8. The van der Waals surface area contributed by atoms with Crippen molar-refractivity contribution in [2.75, 3.05) is 31.4 Å². The van der Waals surface area contributed by atoms with Crippen LogP contribution in [0, 0.1) is 0 Å². The molecule has 132 valence electrons. The van der Waals surface area contributed by atoms with E-state index < -0.39 is 0 Å². The number of rotatable bonds is 6. The van der Waals surface area contributed by atoms with E-state index in [4.69, 9.17) is 21.7 Å². The molecular formula is C17H20N4O3S. The van der Waals surface area contributed by atoms with E-state index in [1.807, 2.05) is 42.5 Å². The van der Waals surface area contributed by atoms with Crippen LogP contribution in [-0.4, -0.2) is 31.8 Å². The lowest BCUT2D eigenvalue weighted by Crippen LogP contribution is -2.45. The van der Waals surface area contributed by atoms with Crippen molar-refractivity contribution < 1.29 is 14.3 Å². The van der Waals surface area contributed by atoms with Crippen LogP contribution in [0.4, 0.5) is 11.4 Å². The summed E-state index contributed by atoms with van der Waals surface area (Å²) in [6.45, 7) is 0.0983. The van der Waals surface area contributed by atoms with Crippen LogP contribution in [0.25, 0.3) is 0 Å². The third-order valence-corrected chi connectivity index (χ3v) is 3.39. The Balaban J connectivity index is 1.72. The van der Waals surface area contributed by atoms with Gasteiger partial charge in [0.2, 0.25) is 0 Å². The first-order chi connectivity index (χ1) is 12.1. The lowest BCUT2D eigenvalue weighted by molar-refractivity contribution is -0.119. The van der Waals surface area contributed by atoms with Crippen LogP contribution in [0.15, 0.2) is 48.5 Å². The molecule has 2 rings (SSSR count). The Kier molecular flexibility index (Phi) is 6.85. The topological polar surface area (TPSA) is 83.7 Å². The highest BCUT2D eigenvalue weighted by Crippen LogP contribution is 2.16. The normalized spacial score (nSPS) is 9.68. The highest BCUT2D eigenvalue weighted by Gasteiger charge is 2.03. The van der Waals surface area contributed by atoms with Gasteiger partial charge in [0.05, 0.1) is 20.8 Å². The minimum Gasteiger partial charge on any atom is -0.497 e. The fraction of sp³-hybridized carbons (Fsp3) is 0.176. The highest BCUT2D eigenvalue weighted by atomic mass is 32.1. The predicted octanol–water partition coefficient (Wildman–Crippen LogP) is 2.13. The van der Waals surface area contributed by atoms with E-state index in [1.54, 1.807) is 20.3 Å². The number of anilines is 2. The molecule has 0 unspecified atom stereocenters. The van der Waals surface area contributed by atoms with Crippen molar-refractivity contribution in [2.24, 2.45) is 0 Å². The summed E-state index contributed by atoms with van der Waals surface area (Å²) in [5, 5.41) is 6.22. The van der Waals surface area contributed by atoms with Gasteiger partial charge in [-0.05, 0) is 48.6 Å². The van der Waals surface area contributed by atoms with Crippen molar-refractivity contribution in [3.05, 3.63) is 48.5 Å². The van der Waals surface area contributed by atoms with Gasteiger partial charge in [-0.1, -0.05) is 6.07 Å². The molecule has 0 fully saturated rings. The fourth-order valence-corrected chi connectivity index (χ4v) is 2.09. The van der Waals surface area contributed by atoms with Crippen molar-refractivity contribution in [2.45, 2.75) is 0 Å². The molecule has 1 amide bonds. The number of hydrogen-bond acceptors (Lipinski definition) is 5. The number of methoxy groups -OCH3 is 2. The maximum absolute atomic E-state index is 11.8. The van der Waals surface area contributed by atoms with E-state index in [-0.39, 0.29) is 17.6 Å². The van der Waals surface area contributed by atoms with E-state index in [0.29, 0.717) is 5.75 Å². The van der Waals surface area contributed by atoms with Crippen molar-refractivity contribution in [3.63, 3.8) is 0 Å². The highest BCUT2D eigenvalue weighted by molar-refractivity contribution is 7.80. The van der Waals surface area contributed by atoms with Crippen LogP contribution in [0.5, 0.6) is 11.5 Å². The second-order valence-corrected chi connectivity index (χ2v) is 5.35. The Labute approximate surface area is 151 Å². The number of hydrazine groups is 1. The molecule has 0 atom stereocenters. The molecule has 0 saturated carbocycles. The zero-order valence-corrected chi connectivity index (χ0v) is 14.8. The summed E-state index contributed by atoms with van der Waals surface area (Å²) in [5.41, 5.74) is 6.72. The van der Waals surface area contributed by atoms with E-state index in [2.05, 4.69) is 21.5 Å².